The van der Waals surface area contributed by atoms with Crippen molar-refractivity contribution in [3.05, 3.63) is 24.3 Å². The van der Waals surface area contributed by atoms with Gasteiger partial charge in [0.15, 0.2) is 6.29 Å². The van der Waals surface area contributed by atoms with Gasteiger partial charge in [0.05, 0.1) is 13.0 Å². The fourth-order valence-electron chi connectivity index (χ4n) is 6.89. The van der Waals surface area contributed by atoms with Crippen LogP contribution in [0.3, 0.4) is 0 Å². The minimum atomic E-state index is -0.417. The number of hydrogen-bond donors (Lipinski definition) is 0. The van der Waals surface area contributed by atoms with Crippen LogP contribution >= 0.6 is 0 Å². The Kier molecular flexibility index (Phi) is 68.0. The van der Waals surface area contributed by atoms with Gasteiger partial charge in [-0.2, -0.15) is 0 Å². The monoisotopic (exact) mass is 953 g/mol. The van der Waals surface area contributed by atoms with Crippen LogP contribution < -0.4 is 0 Å². The summed E-state index contributed by atoms with van der Waals surface area (Å²) in [7, 11) is 0. The Bertz CT molecular complexity index is 1010. The highest BCUT2D eigenvalue weighted by Crippen LogP contribution is 2.21. The fourth-order valence-corrected chi connectivity index (χ4v) is 6.89. The lowest BCUT2D eigenvalue weighted by Crippen LogP contribution is -2.35. The van der Waals surface area contributed by atoms with Crippen LogP contribution in [0, 0.1) is 0 Å². The quantitative estimate of drug-likeness (QED) is 0.0196. The van der Waals surface area contributed by atoms with Crippen molar-refractivity contribution < 1.29 is 38.1 Å². The van der Waals surface area contributed by atoms with Gasteiger partial charge in [-0.15, -0.1) is 0 Å². The Morgan fingerprint density at radius 1 is 0.388 bits per heavy atom. The number of ether oxygens (including phenoxy) is 5. The number of unbranched alkanes of at least 4 members (excludes halogenated alkanes) is 20. The van der Waals surface area contributed by atoms with E-state index in [2.05, 4.69) is 93.5 Å². The Morgan fingerprint density at radius 3 is 1.28 bits per heavy atom. The molecule has 0 aromatic heterocycles. The average molecular weight is 954 g/mol. The number of carbonyl (C=O) groups is 3. The minimum Gasteiger partial charge on any atom is -0.466 e. The van der Waals surface area contributed by atoms with Crippen LogP contribution in [0.25, 0.3) is 0 Å². The maximum Gasteiger partial charge on any atom is 0.306 e. The van der Waals surface area contributed by atoms with Gasteiger partial charge >= 0.3 is 17.9 Å². The molecule has 0 saturated carbocycles. The first-order valence-corrected chi connectivity index (χ1v) is 28.7. The van der Waals surface area contributed by atoms with Crippen LogP contribution in [0.4, 0.5) is 0 Å². The van der Waals surface area contributed by atoms with Gasteiger partial charge < -0.3 is 23.7 Å². The Labute approximate surface area is 418 Å². The average Bonchev–Trinajstić information content (AvgIpc) is 3.30. The molecule has 0 N–H and O–H groups in total. The van der Waals surface area contributed by atoms with Crippen LogP contribution in [0.5, 0.6) is 0 Å². The molecule has 0 spiro atoms. The lowest BCUT2D eigenvalue weighted by Gasteiger charge is -2.27. The Morgan fingerprint density at radius 2 is 0.791 bits per heavy atom. The summed E-state index contributed by atoms with van der Waals surface area (Å²) in [6.45, 7) is 24.9. The molecule has 0 rings (SSSR count). The summed E-state index contributed by atoms with van der Waals surface area (Å²) in [5.74, 6) is -0.601. The molecular weight excluding hydrogens is 837 g/mol. The normalized spacial score (nSPS) is 11.9. The van der Waals surface area contributed by atoms with Crippen molar-refractivity contribution >= 4 is 17.9 Å². The molecular formula is C59H116O8. The van der Waals surface area contributed by atoms with Gasteiger partial charge in [-0.25, -0.2) is 0 Å². The van der Waals surface area contributed by atoms with Crippen molar-refractivity contribution in [3.63, 3.8) is 0 Å². The summed E-state index contributed by atoms with van der Waals surface area (Å²) >= 11 is 0. The van der Waals surface area contributed by atoms with E-state index in [-0.39, 0.29) is 24.3 Å². The molecule has 8 nitrogen and oxygen atoms in total. The largest absolute Gasteiger partial charge is 0.466 e. The van der Waals surface area contributed by atoms with Gasteiger partial charge in [0.25, 0.3) is 0 Å². The van der Waals surface area contributed by atoms with Crippen LogP contribution in [0.15, 0.2) is 24.3 Å². The van der Waals surface area contributed by atoms with Gasteiger partial charge in [0.2, 0.25) is 0 Å². The molecule has 0 aliphatic heterocycles. The molecule has 67 heavy (non-hydrogen) atoms. The standard InChI is InChI=1S/C46H86O6.C7H14O2.2C3H8/c1-6-11-15-18-21-22-23-24-25-26-27-28-29-32-37-44(47)52-43(36-14-9-4)42(35-10-5)51-45(48)38-39-46(49-40-33-30-19-16-12-7-2)50-41-34-31-20-17-13-8-3;1-3-4-5-6-9-7(2)8;2*1-3-2/h18,21,23-24,42-43,46H,6-17,19-20,22,25-41H2,1-5H3;3-6H2,1-2H3;2*3H2,1-2H3/b21-18-,24-23-;;;. The highest BCUT2D eigenvalue weighted by Gasteiger charge is 2.28. The van der Waals surface area contributed by atoms with Crippen molar-refractivity contribution in [3.8, 4) is 0 Å². The minimum absolute atomic E-state index is 0.167. The summed E-state index contributed by atoms with van der Waals surface area (Å²) in [6.07, 6.45) is 44.8. The highest BCUT2D eigenvalue weighted by molar-refractivity contribution is 5.70. The van der Waals surface area contributed by atoms with Crippen molar-refractivity contribution in [2.45, 2.75) is 319 Å². The molecule has 0 saturated heterocycles. The molecule has 2 unspecified atom stereocenters. The molecule has 0 heterocycles. The van der Waals surface area contributed by atoms with Crippen molar-refractivity contribution in [2.24, 2.45) is 0 Å². The zero-order chi connectivity index (χ0) is 50.7. The fraction of sp³-hybridized carbons (Fsp3) is 0.881. The second-order valence-electron chi connectivity index (χ2n) is 18.3. The first-order chi connectivity index (χ1) is 32.6. The topological polar surface area (TPSA) is 97.4 Å². The van der Waals surface area contributed by atoms with E-state index in [9.17, 15) is 14.4 Å². The molecule has 0 fully saturated rings. The molecule has 0 aliphatic rings. The number of rotatable bonds is 44. The number of carbonyl (C=O) groups excluding carboxylic acids is 3. The van der Waals surface area contributed by atoms with Crippen molar-refractivity contribution in [1.82, 2.24) is 0 Å². The number of hydrogen-bond acceptors (Lipinski definition) is 8. The lowest BCUT2D eigenvalue weighted by molar-refractivity contribution is -0.174. The van der Waals surface area contributed by atoms with E-state index in [0.29, 0.717) is 45.5 Å². The van der Waals surface area contributed by atoms with Crippen LogP contribution in [-0.4, -0.2) is 56.2 Å². The summed E-state index contributed by atoms with van der Waals surface area (Å²) in [4.78, 5) is 36.3. The number of allylic oxidation sites excluding steroid dienone is 4. The molecule has 0 amide bonds. The zero-order valence-electron chi connectivity index (χ0n) is 46.7. The van der Waals surface area contributed by atoms with E-state index < -0.39 is 18.5 Å². The summed E-state index contributed by atoms with van der Waals surface area (Å²) in [5.41, 5.74) is 0. The molecule has 0 aromatic rings. The van der Waals surface area contributed by atoms with Crippen LogP contribution in [0.2, 0.25) is 0 Å². The first-order valence-electron chi connectivity index (χ1n) is 28.7. The highest BCUT2D eigenvalue weighted by atomic mass is 16.7. The van der Waals surface area contributed by atoms with E-state index in [1.54, 1.807) is 0 Å². The van der Waals surface area contributed by atoms with E-state index in [4.69, 9.17) is 23.7 Å². The Hall–Kier alpha value is -2.19. The molecule has 0 radical (unpaired) electrons. The van der Waals surface area contributed by atoms with Crippen LogP contribution in [0.1, 0.15) is 301 Å². The predicted octanol–water partition coefficient (Wildman–Crippen LogP) is 18.7. The molecule has 8 heteroatoms. The van der Waals surface area contributed by atoms with Gasteiger partial charge in [0, 0.05) is 33.0 Å². The van der Waals surface area contributed by atoms with E-state index in [1.165, 1.54) is 110 Å². The molecule has 0 aliphatic carbocycles. The van der Waals surface area contributed by atoms with Crippen LogP contribution in [-0.2, 0) is 38.1 Å². The molecule has 2 atom stereocenters. The maximum absolute atomic E-state index is 13.2. The molecule has 0 aromatic carbocycles. The zero-order valence-corrected chi connectivity index (χ0v) is 46.7. The van der Waals surface area contributed by atoms with Crippen molar-refractivity contribution in [2.75, 3.05) is 19.8 Å². The SMILES string of the molecule is CCC.CCC.CCCC/C=C\C/C=C\CCCCCCCC(=O)OC(CCCC)C(CCC)OC(=O)CCC(OCCCCCCCC)OCCCCCCCC.CCCCCOC(C)=O. The summed E-state index contributed by atoms with van der Waals surface area (Å²) < 4.78 is 29.1. The molecule has 0 bridgehead atoms. The van der Waals surface area contributed by atoms with Gasteiger partial charge in [0.1, 0.15) is 12.2 Å². The third-order valence-electron chi connectivity index (χ3n) is 10.7. The summed E-state index contributed by atoms with van der Waals surface area (Å²) in [5, 5.41) is 0. The molecule has 400 valence electrons. The van der Waals surface area contributed by atoms with E-state index >= 15 is 0 Å². The number of esters is 3. The summed E-state index contributed by atoms with van der Waals surface area (Å²) in [6, 6.07) is 0. The van der Waals surface area contributed by atoms with Crippen molar-refractivity contribution in [1.29, 1.82) is 0 Å². The van der Waals surface area contributed by atoms with E-state index in [0.717, 1.165) is 89.9 Å². The second-order valence-corrected chi connectivity index (χ2v) is 18.3. The van der Waals surface area contributed by atoms with Gasteiger partial charge in [-0.1, -0.05) is 228 Å². The predicted molar refractivity (Wildman–Crippen MR) is 289 cm³/mol. The lowest BCUT2D eigenvalue weighted by atomic mass is 10.0. The second kappa shape index (κ2) is 63.8. The third-order valence-corrected chi connectivity index (χ3v) is 10.7. The maximum atomic E-state index is 13.2. The van der Waals surface area contributed by atoms with Gasteiger partial charge in [-0.05, 0) is 70.6 Å². The smallest absolute Gasteiger partial charge is 0.306 e. The van der Waals surface area contributed by atoms with Gasteiger partial charge in [-0.3, -0.25) is 14.4 Å². The first kappa shape index (κ1) is 71.4. The Balaban J connectivity index is -0.00000113. The third kappa shape index (κ3) is 63.8. The van der Waals surface area contributed by atoms with E-state index in [1.807, 2.05) is 0 Å².